The molecule has 0 aliphatic carbocycles. The Balaban J connectivity index is 1.38. The lowest BCUT2D eigenvalue weighted by Gasteiger charge is -2.42. The number of nitrogens with zero attached hydrogens (tertiary/aromatic N) is 5. The molecule has 8 heteroatoms. The number of para-hydroxylation sites is 1. The van der Waals surface area contributed by atoms with Crippen LogP contribution in [0.4, 0.5) is 0 Å². The third-order valence-corrected chi connectivity index (χ3v) is 5.91. The van der Waals surface area contributed by atoms with Crippen LogP contribution in [-0.2, 0) is 16.8 Å². The second kappa shape index (κ2) is 7.53. The van der Waals surface area contributed by atoms with Crippen LogP contribution in [0.25, 0.3) is 5.69 Å². The number of aromatic nitrogens is 4. The Hall–Kier alpha value is -3.26. The van der Waals surface area contributed by atoms with Crippen LogP contribution < -0.4 is 4.74 Å². The first kappa shape index (κ1) is 18.7. The normalized spacial score (nSPS) is 17.6. The highest BCUT2D eigenvalue weighted by molar-refractivity contribution is 5.94. The van der Waals surface area contributed by atoms with E-state index in [1.165, 1.54) is 25.1 Å². The van der Waals surface area contributed by atoms with E-state index >= 15 is 0 Å². The lowest BCUT2D eigenvalue weighted by Crippen LogP contribution is -2.48. The van der Waals surface area contributed by atoms with Crippen molar-refractivity contribution in [3.63, 3.8) is 0 Å². The van der Waals surface area contributed by atoms with Crippen LogP contribution in [0.15, 0.2) is 48.9 Å². The molecule has 1 spiro atoms. The van der Waals surface area contributed by atoms with Gasteiger partial charge in [0.05, 0.1) is 25.1 Å². The fourth-order valence-electron chi connectivity index (χ4n) is 4.34. The summed E-state index contributed by atoms with van der Waals surface area (Å²) in [6, 6.07) is 10.1. The molecular formula is C22H23N5O3. The van der Waals surface area contributed by atoms with E-state index < -0.39 is 5.60 Å². The van der Waals surface area contributed by atoms with Crippen LogP contribution in [0.1, 0.15) is 34.6 Å². The van der Waals surface area contributed by atoms with Crippen molar-refractivity contribution in [1.29, 1.82) is 0 Å². The Labute approximate surface area is 174 Å². The van der Waals surface area contributed by atoms with Crippen molar-refractivity contribution >= 4 is 5.91 Å². The third-order valence-electron chi connectivity index (χ3n) is 5.91. The second-order valence-electron chi connectivity index (χ2n) is 7.58. The van der Waals surface area contributed by atoms with Gasteiger partial charge in [-0.2, -0.15) is 5.10 Å². The van der Waals surface area contributed by atoms with Crippen molar-refractivity contribution in [1.82, 2.24) is 24.6 Å². The highest BCUT2D eigenvalue weighted by Crippen LogP contribution is 2.41. The summed E-state index contributed by atoms with van der Waals surface area (Å²) in [5.74, 6) is 0.0845. The van der Waals surface area contributed by atoms with Gasteiger partial charge in [-0.05, 0) is 37.0 Å². The Bertz CT molecular complexity index is 1060. The number of carbonyl (C=O) groups is 1. The molecule has 2 aliphatic heterocycles. The fraction of sp³-hybridized carbons (Fsp3) is 0.364. The van der Waals surface area contributed by atoms with Crippen molar-refractivity contribution in [2.45, 2.75) is 24.9 Å². The zero-order valence-electron chi connectivity index (χ0n) is 16.8. The standard InChI is InChI=1S/C22H23N5O3/c1-29-20-18(23-10-11-24-20)21(28)26-12-8-22(9-13-26)19-16(7-14-30-22)15-27(25-19)17-5-3-2-4-6-17/h2-6,10-11,15H,7-9,12-14H2,1H3. The fourth-order valence-corrected chi connectivity index (χ4v) is 4.34. The topological polar surface area (TPSA) is 82.4 Å². The number of benzene rings is 1. The molecule has 8 nitrogen and oxygen atoms in total. The number of hydrogen-bond acceptors (Lipinski definition) is 6. The van der Waals surface area contributed by atoms with E-state index in [2.05, 4.69) is 16.2 Å². The first-order valence-corrected chi connectivity index (χ1v) is 10.1. The molecule has 2 aromatic heterocycles. The summed E-state index contributed by atoms with van der Waals surface area (Å²) >= 11 is 0. The Morgan fingerprint density at radius 2 is 1.90 bits per heavy atom. The van der Waals surface area contributed by atoms with E-state index in [9.17, 15) is 4.79 Å². The van der Waals surface area contributed by atoms with Crippen LogP contribution >= 0.6 is 0 Å². The van der Waals surface area contributed by atoms with E-state index in [4.69, 9.17) is 14.6 Å². The molecule has 0 unspecified atom stereocenters. The van der Waals surface area contributed by atoms with E-state index in [1.54, 1.807) is 4.90 Å². The van der Waals surface area contributed by atoms with Gasteiger partial charge in [-0.3, -0.25) is 4.79 Å². The average molecular weight is 405 g/mol. The number of piperidine rings is 1. The van der Waals surface area contributed by atoms with Gasteiger partial charge in [0.15, 0.2) is 5.69 Å². The number of amides is 1. The number of hydrogen-bond donors (Lipinski definition) is 0. The minimum absolute atomic E-state index is 0.166. The SMILES string of the molecule is COc1nccnc1C(=O)N1CCC2(CC1)OCCc1cn(-c3ccccc3)nc12. The summed E-state index contributed by atoms with van der Waals surface area (Å²) < 4.78 is 13.4. The minimum Gasteiger partial charge on any atom is -0.479 e. The van der Waals surface area contributed by atoms with E-state index in [0.29, 0.717) is 32.5 Å². The number of rotatable bonds is 3. The highest BCUT2D eigenvalue weighted by Gasteiger charge is 2.44. The van der Waals surface area contributed by atoms with Gasteiger partial charge in [0.25, 0.3) is 5.91 Å². The predicted octanol–water partition coefficient (Wildman–Crippen LogP) is 2.38. The van der Waals surface area contributed by atoms with Crippen LogP contribution in [0, 0.1) is 0 Å². The molecule has 154 valence electrons. The lowest BCUT2D eigenvalue weighted by atomic mass is 9.83. The Morgan fingerprint density at radius 1 is 1.13 bits per heavy atom. The summed E-state index contributed by atoms with van der Waals surface area (Å²) in [6.07, 6.45) is 7.37. The molecule has 3 aromatic rings. The summed E-state index contributed by atoms with van der Waals surface area (Å²) in [6.45, 7) is 1.80. The molecule has 0 radical (unpaired) electrons. The number of methoxy groups -OCH3 is 1. The number of fused-ring (bicyclic) bond motifs is 2. The van der Waals surface area contributed by atoms with Crippen molar-refractivity contribution in [2.24, 2.45) is 0 Å². The van der Waals surface area contributed by atoms with Crippen molar-refractivity contribution < 1.29 is 14.3 Å². The first-order valence-electron chi connectivity index (χ1n) is 10.1. The largest absolute Gasteiger partial charge is 0.479 e. The van der Waals surface area contributed by atoms with Crippen molar-refractivity contribution in [3.05, 3.63) is 65.9 Å². The van der Waals surface area contributed by atoms with Gasteiger partial charge in [-0.1, -0.05) is 18.2 Å². The lowest BCUT2D eigenvalue weighted by molar-refractivity contribution is -0.0963. The minimum atomic E-state index is -0.448. The Kier molecular flexibility index (Phi) is 4.71. The molecule has 5 rings (SSSR count). The van der Waals surface area contributed by atoms with Gasteiger partial charge in [-0.15, -0.1) is 0 Å². The van der Waals surface area contributed by atoms with Gasteiger partial charge in [0.1, 0.15) is 5.60 Å². The van der Waals surface area contributed by atoms with Crippen LogP contribution in [0.3, 0.4) is 0 Å². The molecule has 0 bridgehead atoms. The van der Waals surface area contributed by atoms with Crippen LogP contribution in [-0.4, -0.2) is 57.4 Å². The number of ether oxygens (including phenoxy) is 2. The van der Waals surface area contributed by atoms with Crippen LogP contribution in [0.5, 0.6) is 5.88 Å². The molecule has 0 atom stereocenters. The number of likely N-dealkylation sites (tertiary alicyclic amines) is 1. The zero-order valence-corrected chi connectivity index (χ0v) is 16.8. The number of carbonyl (C=O) groups excluding carboxylic acids is 1. The molecule has 1 fully saturated rings. The molecule has 4 heterocycles. The van der Waals surface area contributed by atoms with Gasteiger partial charge < -0.3 is 14.4 Å². The van der Waals surface area contributed by atoms with Crippen molar-refractivity contribution in [3.8, 4) is 11.6 Å². The summed E-state index contributed by atoms with van der Waals surface area (Å²) in [5.41, 5.74) is 3.05. The average Bonchev–Trinajstić information content (AvgIpc) is 3.26. The van der Waals surface area contributed by atoms with E-state index in [1.807, 2.05) is 35.0 Å². The van der Waals surface area contributed by atoms with Gasteiger partial charge in [-0.25, -0.2) is 14.6 Å². The smallest absolute Gasteiger partial charge is 0.278 e. The molecule has 1 amide bonds. The van der Waals surface area contributed by atoms with Crippen molar-refractivity contribution in [2.75, 3.05) is 26.8 Å². The Morgan fingerprint density at radius 3 is 2.67 bits per heavy atom. The summed E-state index contributed by atoms with van der Waals surface area (Å²) in [7, 11) is 1.49. The summed E-state index contributed by atoms with van der Waals surface area (Å²) in [4.78, 5) is 23.0. The van der Waals surface area contributed by atoms with Gasteiger partial charge in [0.2, 0.25) is 5.88 Å². The zero-order chi connectivity index (χ0) is 20.6. The molecule has 0 saturated carbocycles. The van der Waals surface area contributed by atoms with E-state index in [-0.39, 0.29) is 17.5 Å². The molecule has 30 heavy (non-hydrogen) atoms. The van der Waals surface area contributed by atoms with Gasteiger partial charge >= 0.3 is 0 Å². The highest BCUT2D eigenvalue weighted by atomic mass is 16.5. The van der Waals surface area contributed by atoms with Gasteiger partial charge in [0, 0.05) is 31.7 Å². The maximum absolute atomic E-state index is 13.0. The first-order chi connectivity index (χ1) is 14.7. The molecule has 2 aliphatic rings. The maximum Gasteiger partial charge on any atom is 0.278 e. The maximum atomic E-state index is 13.0. The quantitative estimate of drug-likeness (QED) is 0.665. The predicted molar refractivity (Wildman–Crippen MR) is 109 cm³/mol. The molecular weight excluding hydrogens is 382 g/mol. The monoisotopic (exact) mass is 405 g/mol. The molecule has 1 aromatic carbocycles. The molecule has 1 saturated heterocycles. The van der Waals surface area contributed by atoms with E-state index in [0.717, 1.165) is 17.8 Å². The molecule has 0 N–H and O–H groups in total. The third kappa shape index (κ3) is 3.13. The van der Waals surface area contributed by atoms with Crippen LogP contribution in [0.2, 0.25) is 0 Å². The second-order valence-corrected chi connectivity index (χ2v) is 7.58. The summed E-state index contributed by atoms with van der Waals surface area (Å²) in [5, 5.41) is 4.90.